The van der Waals surface area contributed by atoms with E-state index in [0.29, 0.717) is 10.6 Å². The van der Waals surface area contributed by atoms with Crippen LogP contribution >= 0.6 is 11.6 Å². The van der Waals surface area contributed by atoms with E-state index in [1.165, 1.54) is 6.07 Å². The molecule has 0 saturated carbocycles. The molecule has 0 amide bonds. The summed E-state index contributed by atoms with van der Waals surface area (Å²) in [7, 11) is -4.46. The summed E-state index contributed by atoms with van der Waals surface area (Å²) >= 11 is 5.74. The van der Waals surface area contributed by atoms with Crippen molar-refractivity contribution in [2.75, 3.05) is 0 Å². The van der Waals surface area contributed by atoms with Crippen LogP contribution in [0, 0.1) is 0 Å². The number of hydrogen-bond donors (Lipinski definition) is 1. The van der Waals surface area contributed by atoms with E-state index in [0.717, 1.165) is 0 Å². The molecule has 0 saturated heterocycles. The molecule has 2 aromatic rings. The van der Waals surface area contributed by atoms with Crippen molar-refractivity contribution in [3.05, 3.63) is 29.3 Å². The number of nitrogens with zero attached hydrogens (tertiary/aromatic N) is 2. The lowest BCUT2D eigenvalue weighted by Gasteiger charge is -1.97. The first-order valence-electron chi connectivity index (χ1n) is 4.04. The summed E-state index contributed by atoms with van der Waals surface area (Å²) < 4.78 is 35.0. The van der Waals surface area contributed by atoms with Crippen molar-refractivity contribution in [2.24, 2.45) is 0 Å². The SMILES string of the molecule is O=S(=O)(O)c1nonc1-c1cccc(Cl)c1. The highest BCUT2D eigenvalue weighted by atomic mass is 35.5. The van der Waals surface area contributed by atoms with Gasteiger partial charge in [0.2, 0.25) is 0 Å². The van der Waals surface area contributed by atoms with Gasteiger partial charge >= 0.3 is 10.1 Å². The van der Waals surface area contributed by atoms with E-state index in [4.69, 9.17) is 16.2 Å². The maximum atomic E-state index is 10.9. The number of halogens is 1. The Balaban J connectivity index is 2.62. The largest absolute Gasteiger partial charge is 0.318 e. The summed E-state index contributed by atoms with van der Waals surface area (Å²) in [6, 6.07) is 6.28. The van der Waals surface area contributed by atoms with Gasteiger partial charge in [-0.05, 0) is 22.4 Å². The minimum Gasteiger partial charge on any atom is -0.280 e. The molecule has 0 bridgehead atoms. The normalized spacial score (nSPS) is 11.6. The van der Waals surface area contributed by atoms with Crippen LogP contribution in [0.5, 0.6) is 0 Å². The van der Waals surface area contributed by atoms with E-state index in [1.54, 1.807) is 18.2 Å². The van der Waals surface area contributed by atoms with Gasteiger partial charge in [-0.1, -0.05) is 23.7 Å². The molecular weight excluding hydrogens is 256 g/mol. The quantitative estimate of drug-likeness (QED) is 0.825. The Morgan fingerprint density at radius 2 is 2.06 bits per heavy atom. The lowest BCUT2D eigenvalue weighted by molar-refractivity contribution is 0.296. The smallest absolute Gasteiger partial charge is 0.280 e. The van der Waals surface area contributed by atoms with Crippen molar-refractivity contribution in [3.63, 3.8) is 0 Å². The minimum absolute atomic E-state index is 0.0787. The maximum absolute atomic E-state index is 10.9. The van der Waals surface area contributed by atoms with E-state index in [2.05, 4.69) is 14.9 Å². The summed E-state index contributed by atoms with van der Waals surface area (Å²) in [5.41, 5.74) is 0.311. The molecule has 0 aliphatic heterocycles. The first-order chi connectivity index (χ1) is 7.48. The molecule has 0 spiro atoms. The zero-order valence-corrected chi connectivity index (χ0v) is 9.23. The molecule has 0 aliphatic rings. The number of hydrogen-bond acceptors (Lipinski definition) is 5. The summed E-state index contributed by atoms with van der Waals surface area (Å²) in [5.74, 6) is 0. The Labute approximate surface area is 95.6 Å². The van der Waals surface area contributed by atoms with Crippen LogP contribution in [0.3, 0.4) is 0 Å². The molecule has 6 nitrogen and oxygen atoms in total. The van der Waals surface area contributed by atoms with Crippen molar-refractivity contribution < 1.29 is 17.6 Å². The Hall–Kier alpha value is -1.44. The van der Waals surface area contributed by atoms with Gasteiger partial charge in [-0.2, -0.15) is 8.42 Å². The molecule has 16 heavy (non-hydrogen) atoms. The molecule has 1 aromatic heterocycles. The van der Waals surface area contributed by atoms with Crippen molar-refractivity contribution in [1.29, 1.82) is 0 Å². The fourth-order valence-electron chi connectivity index (χ4n) is 1.16. The highest BCUT2D eigenvalue weighted by Gasteiger charge is 2.23. The third-order valence-corrected chi connectivity index (χ3v) is 2.79. The summed E-state index contributed by atoms with van der Waals surface area (Å²) in [4.78, 5) is 0. The van der Waals surface area contributed by atoms with Crippen LogP contribution in [0.1, 0.15) is 0 Å². The van der Waals surface area contributed by atoms with E-state index < -0.39 is 15.1 Å². The van der Waals surface area contributed by atoms with E-state index >= 15 is 0 Å². The molecule has 0 unspecified atom stereocenters. The van der Waals surface area contributed by atoms with Gasteiger partial charge in [0.25, 0.3) is 5.03 Å². The van der Waals surface area contributed by atoms with Crippen molar-refractivity contribution in [1.82, 2.24) is 10.3 Å². The van der Waals surface area contributed by atoms with Crippen molar-refractivity contribution >= 4 is 21.7 Å². The maximum Gasteiger partial charge on any atom is 0.318 e. The highest BCUT2D eigenvalue weighted by molar-refractivity contribution is 7.85. The van der Waals surface area contributed by atoms with Gasteiger partial charge in [0.05, 0.1) is 0 Å². The Morgan fingerprint density at radius 1 is 1.31 bits per heavy atom. The predicted molar refractivity (Wildman–Crippen MR) is 54.6 cm³/mol. The van der Waals surface area contributed by atoms with Gasteiger partial charge in [-0.3, -0.25) is 4.55 Å². The van der Waals surface area contributed by atoms with Gasteiger partial charge in [0.15, 0.2) is 5.69 Å². The Morgan fingerprint density at radius 3 is 2.69 bits per heavy atom. The second kappa shape index (κ2) is 3.85. The fraction of sp³-hybridized carbons (Fsp3) is 0. The predicted octanol–water partition coefficient (Wildman–Crippen LogP) is 1.64. The third-order valence-electron chi connectivity index (χ3n) is 1.80. The van der Waals surface area contributed by atoms with Crippen LogP contribution in [0.2, 0.25) is 5.02 Å². The second-order valence-corrected chi connectivity index (χ2v) is 4.68. The standard InChI is InChI=1S/C8H5ClN2O4S/c9-6-3-1-2-5(4-6)7-8(11-15-10-7)16(12,13)14/h1-4H,(H,12,13,14). The van der Waals surface area contributed by atoms with Crippen LogP contribution < -0.4 is 0 Å². The molecule has 0 fully saturated rings. The van der Waals surface area contributed by atoms with Crippen LogP contribution in [0.25, 0.3) is 11.3 Å². The number of aromatic nitrogens is 2. The molecule has 8 heteroatoms. The fourth-order valence-corrected chi connectivity index (χ4v) is 1.88. The average molecular weight is 261 g/mol. The van der Waals surface area contributed by atoms with Gasteiger partial charge in [-0.15, -0.1) is 0 Å². The number of benzene rings is 1. The minimum atomic E-state index is -4.46. The highest BCUT2D eigenvalue weighted by Crippen LogP contribution is 2.25. The molecule has 0 atom stereocenters. The first kappa shape index (κ1) is 11.1. The van der Waals surface area contributed by atoms with Crippen LogP contribution in [-0.2, 0) is 10.1 Å². The summed E-state index contributed by atoms with van der Waals surface area (Å²) in [6.45, 7) is 0. The second-order valence-electron chi connectivity index (χ2n) is 2.90. The molecular formula is C8H5ClN2O4S. The van der Waals surface area contributed by atoms with Gasteiger partial charge in [0, 0.05) is 10.6 Å². The van der Waals surface area contributed by atoms with E-state index in [9.17, 15) is 8.42 Å². The van der Waals surface area contributed by atoms with E-state index in [-0.39, 0.29) is 5.69 Å². The molecule has 0 radical (unpaired) electrons. The van der Waals surface area contributed by atoms with E-state index in [1.807, 2.05) is 0 Å². The summed E-state index contributed by atoms with van der Waals surface area (Å²) in [5, 5.41) is 6.31. The number of rotatable bonds is 2. The van der Waals surface area contributed by atoms with Crippen LogP contribution in [0.4, 0.5) is 0 Å². The molecule has 2 rings (SSSR count). The van der Waals surface area contributed by atoms with Gasteiger partial charge in [-0.25, -0.2) is 4.63 Å². The Kier molecular flexibility index (Phi) is 2.66. The first-order valence-corrected chi connectivity index (χ1v) is 5.86. The lowest BCUT2D eigenvalue weighted by Crippen LogP contribution is -2.00. The van der Waals surface area contributed by atoms with Crippen LogP contribution in [-0.4, -0.2) is 23.3 Å². The zero-order valence-electron chi connectivity index (χ0n) is 7.66. The van der Waals surface area contributed by atoms with Gasteiger partial charge < -0.3 is 0 Å². The van der Waals surface area contributed by atoms with Crippen molar-refractivity contribution in [2.45, 2.75) is 5.03 Å². The summed E-state index contributed by atoms with van der Waals surface area (Å²) in [6.07, 6.45) is 0. The average Bonchev–Trinajstić information content (AvgIpc) is 2.65. The molecule has 1 aromatic carbocycles. The molecule has 84 valence electrons. The topological polar surface area (TPSA) is 93.3 Å². The lowest BCUT2D eigenvalue weighted by atomic mass is 10.2. The molecule has 1 heterocycles. The molecule has 1 N–H and O–H groups in total. The third kappa shape index (κ3) is 2.06. The zero-order chi connectivity index (χ0) is 11.8. The Bertz CT molecular complexity index is 622. The molecule has 0 aliphatic carbocycles. The van der Waals surface area contributed by atoms with Crippen molar-refractivity contribution in [3.8, 4) is 11.3 Å². The van der Waals surface area contributed by atoms with Gasteiger partial charge in [0.1, 0.15) is 0 Å². The van der Waals surface area contributed by atoms with Crippen LogP contribution in [0.15, 0.2) is 33.9 Å². The monoisotopic (exact) mass is 260 g/mol.